The third-order valence-electron chi connectivity index (χ3n) is 3.96. The van der Waals surface area contributed by atoms with Crippen molar-refractivity contribution in [3.8, 4) is 6.07 Å². The normalized spacial score (nSPS) is 15.2. The number of piperazine rings is 1. The topological polar surface area (TPSA) is 112 Å². The Hall–Kier alpha value is -2.99. The zero-order valence-corrected chi connectivity index (χ0v) is 13.2. The number of nitriles is 1. The number of anilines is 1. The Morgan fingerprint density at radius 3 is 2.71 bits per heavy atom. The average molecular weight is 328 g/mol. The summed E-state index contributed by atoms with van der Waals surface area (Å²) in [6.45, 7) is 5.40. The molecule has 124 valence electrons. The first-order valence-electron chi connectivity index (χ1n) is 7.52. The van der Waals surface area contributed by atoms with Gasteiger partial charge in [-0.15, -0.1) is 0 Å². The molecule has 0 N–H and O–H groups in total. The van der Waals surface area contributed by atoms with Crippen molar-refractivity contribution in [3.05, 3.63) is 45.6 Å². The molecule has 24 heavy (non-hydrogen) atoms. The van der Waals surface area contributed by atoms with Crippen LogP contribution in [-0.2, 0) is 6.54 Å². The molecule has 0 bridgehead atoms. The van der Waals surface area contributed by atoms with Gasteiger partial charge in [-0.1, -0.05) is 5.16 Å². The van der Waals surface area contributed by atoms with Crippen LogP contribution in [-0.4, -0.2) is 46.1 Å². The molecule has 3 rings (SSSR count). The maximum atomic E-state index is 10.8. The van der Waals surface area contributed by atoms with E-state index in [1.54, 1.807) is 13.0 Å². The smallest absolute Gasteiger partial charge is 0.270 e. The molecule has 1 saturated heterocycles. The van der Waals surface area contributed by atoms with E-state index in [1.165, 1.54) is 12.1 Å². The number of rotatable bonds is 4. The number of hydrogen-bond acceptors (Lipinski definition) is 8. The number of aromatic nitrogens is 2. The van der Waals surface area contributed by atoms with E-state index < -0.39 is 4.92 Å². The number of nitrogens with zero attached hydrogens (tertiary/aromatic N) is 6. The minimum Gasteiger partial charge on any atom is -0.368 e. The second-order valence-electron chi connectivity index (χ2n) is 5.56. The Bertz CT molecular complexity index is 789. The highest BCUT2D eigenvalue weighted by Gasteiger charge is 2.22. The first-order chi connectivity index (χ1) is 11.6. The van der Waals surface area contributed by atoms with E-state index in [9.17, 15) is 15.4 Å². The van der Waals surface area contributed by atoms with E-state index in [4.69, 9.17) is 4.52 Å². The van der Waals surface area contributed by atoms with Crippen LogP contribution in [0.3, 0.4) is 0 Å². The Balaban J connectivity index is 1.66. The van der Waals surface area contributed by atoms with Gasteiger partial charge >= 0.3 is 0 Å². The molecule has 0 radical (unpaired) electrons. The number of benzene rings is 1. The third-order valence-corrected chi connectivity index (χ3v) is 3.96. The molecule has 1 aromatic heterocycles. The van der Waals surface area contributed by atoms with Crippen molar-refractivity contribution in [2.75, 3.05) is 31.1 Å². The van der Waals surface area contributed by atoms with E-state index in [2.05, 4.69) is 19.9 Å². The number of nitro benzene ring substituents is 1. The molecule has 9 nitrogen and oxygen atoms in total. The van der Waals surface area contributed by atoms with E-state index in [-0.39, 0.29) is 5.69 Å². The monoisotopic (exact) mass is 328 g/mol. The SMILES string of the molecule is Cc1nc(CN2CCN(c3ccc([N+](=O)[O-])cc3C#N)CC2)no1. The van der Waals surface area contributed by atoms with Gasteiger partial charge in [-0.25, -0.2) is 0 Å². The molecule has 9 heteroatoms. The summed E-state index contributed by atoms with van der Waals surface area (Å²) in [4.78, 5) is 18.8. The van der Waals surface area contributed by atoms with Crippen LogP contribution in [0.4, 0.5) is 11.4 Å². The van der Waals surface area contributed by atoms with Gasteiger partial charge in [0.25, 0.3) is 5.69 Å². The molecular weight excluding hydrogens is 312 g/mol. The largest absolute Gasteiger partial charge is 0.368 e. The summed E-state index contributed by atoms with van der Waals surface area (Å²) in [6.07, 6.45) is 0. The summed E-state index contributed by atoms with van der Waals surface area (Å²) in [5, 5.41) is 24.0. The summed E-state index contributed by atoms with van der Waals surface area (Å²) in [6, 6.07) is 6.46. The molecule has 1 fully saturated rings. The lowest BCUT2D eigenvalue weighted by Gasteiger charge is -2.35. The van der Waals surface area contributed by atoms with Gasteiger partial charge in [0.05, 0.1) is 22.7 Å². The molecular formula is C15H16N6O3. The van der Waals surface area contributed by atoms with Crippen LogP contribution < -0.4 is 4.90 Å². The van der Waals surface area contributed by atoms with E-state index in [0.717, 1.165) is 31.9 Å². The van der Waals surface area contributed by atoms with Gasteiger partial charge in [0, 0.05) is 45.2 Å². The lowest BCUT2D eigenvalue weighted by Crippen LogP contribution is -2.46. The lowest BCUT2D eigenvalue weighted by molar-refractivity contribution is -0.384. The van der Waals surface area contributed by atoms with Crippen LogP contribution in [0.5, 0.6) is 0 Å². The zero-order valence-electron chi connectivity index (χ0n) is 13.2. The predicted molar refractivity (Wildman–Crippen MR) is 84.3 cm³/mol. The van der Waals surface area contributed by atoms with Gasteiger partial charge in [-0.05, 0) is 6.07 Å². The number of hydrogen-bond donors (Lipinski definition) is 0. The first-order valence-corrected chi connectivity index (χ1v) is 7.52. The predicted octanol–water partition coefficient (Wildman–Crippen LogP) is 1.48. The summed E-state index contributed by atoms with van der Waals surface area (Å²) in [5.41, 5.74) is 0.992. The lowest BCUT2D eigenvalue weighted by atomic mass is 10.1. The number of nitro groups is 1. The molecule has 0 amide bonds. The second kappa shape index (κ2) is 6.64. The maximum Gasteiger partial charge on any atom is 0.270 e. The van der Waals surface area contributed by atoms with Crippen LogP contribution in [0.25, 0.3) is 0 Å². The van der Waals surface area contributed by atoms with Crippen LogP contribution in [0.2, 0.25) is 0 Å². The van der Waals surface area contributed by atoms with Crippen molar-refractivity contribution in [1.82, 2.24) is 15.0 Å². The van der Waals surface area contributed by atoms with Gasteiger partial charge < -0.3 is 9.42 Å². The summed E-state index contributed by atoms with van der Waals surface area (Å²) < 4.78 is 4.97. The molecule has 2 heterocycles. The third kappa shape index (κ3) is 3.33. The first kappa shape index (κ1) is 15.9. The van der Waals surface area contributed by atoms with E-state index in [0.29, 0.717) is 23.8 Å². The van der Waals surface area contributed by atoms with Gasteiger partial charge in [-0.2, -0.15) is 10.2 Å². The molecule has 1 aliphatic heterocycles. The highest BCUT2D eigenvalue weighted by atomic mass is 16.6. The minimum absolute atomic E-state index is 0.0681. The Morgan fingerprint density at radius 2 is 2.12 bits per heavy atom. The van der Waals surface area contributed by atoms with Crippen molar-refractivity contribution >= 4 is 11.4 Å². The van der Waals surface area contributed by atoms with Gasteiger partial charge in [0.2, 0.25) is 5.89 Å². The minimum atomic E-state index is -0.491. The molecule has 2 aromatic rings. The number of non-ortho nitro benzene ring substituents is 1. The van der Waals surface area contributed by atoms with Crippen LogP contribution in [0.1, 0.15) is 17.3 Å². The fourth-order valence-corrected chi connectivity index (χ4v) is 2.76. The van der Waals surface area contributed by atoms with Crippen LogP contribution >= 0.6 is 0 Å². The van der Waals surface area contributed by atoms with Crippen molar-refractivity contribution in [2.45, 2.75) is 13.5 Å². The molecule has 0 saturated carbocycles. The van der Waals surface area contributed by atoms with E-state index in [1.807, 2.05) is 6.07 Å². The molecule has 0 aliphatic carbocycles. The standard InChI is InChI=1S/C15H16N6O3/c1-11-17-15(18-24-11)10-19-4-6-20(7-5-19)14-3-2-13(21(22)23)8-12(14)9-16/h2-3,8H,4-7,10H2,1H3. The fourth-order valence-electron chi connectivity index (χ4n) is 2.76. The Morgan fingerprint density at radius 1 is 1.38 bits per heavy atom. The molecule has 0 unspecified atom stereocenters. The van der Waals surface area contributed by atoms with Crippen molar-refractivity contribution in [2.24, 2.45) is 0 Å². The van der Waals surface area contributed by atoms with Gasteiger partial charge in [-0.3, -0.25) is 15.0 Å². The highest BCUT2D eigenvalue weighted by molar-refractivity contribution is 5.63. The zero-order chi connectivity index (χ0) is 17.1. The maximum absolute atomic E-state index is 10.8. The average Bonchev–Trinajstić information content (AvgIpc) is 3.00. The van der Waals surface area contributed by atoms with Crippen LogP contribution in [0, 0.1) is 28.4 Å². The molecule has 1 aromatic carbocycles. The summed E-state index contributed by atoms with van der Waals surface area (Å²) >= 11 is 0. The molecule has 0 spiro atoms. The Labute approximate surface area is 138 Å². The fraction of sp³-hybridized carbons (Fsp3) is 0.400. The second-order valence-corrected chi connectivity index (χ2v) is 5.56. The highest BCUT2D eigenvalue weighted by Crippen LogP contribution is 2.26. The quantitative estimate of drug-likeness (QED) is 0.612. The van der Waals surface area contributed by atoms with Crippen molar-refractivity contribution in [3.63, 3.8) is 0 Å². The Kier molecular flexibility index (Phi) is 4.39. The summed E-state index contributed by atoms with van der Waals surface area (Å²) in [7, 11) is 0. The molecule has 0 atom stereocenters. The number of aryl methyl sites for hydroxylation is 1. The van der Waals surface area contributed by atoms with Gasteiger partial charge in [0.1, 0.15) is 6.07 Å². The summed E-state index contributed by atoms with van der Waals surface area (Å²) in [5.74, 6) is 1.21. The van der Waals surface area contributed by atoms with Crippen molar-refractivity contribution in [1.29, 1.82) is 5.26 Å². The van der Waals surface area contributed by atoms with Gasteiger partial charge in [0.15, 0.2) is 5.82 Å². The van der Waals surface area contributed by atoms with Crippen molar-refractivity contribution < 1.29 is 9.45 Å². The molecule has 1 aliphatic rings. The van der Waals surface area contributed by atoms with E-state index >= 15 is 0 Å². The van der Waals surface area contributed by atoms with Crippen LogP contribution in [0.15, 0.2) is 22.7 Å².